The van der Waals surface area contributed by atoms with E-state index in [1.54, 1.807) is 36.4 Å². The first-order chi connectivity index (χ1) is 16.3. The average molecular weight is 470 g/mol. The topological polar surface area (TPSA) is 54.0 Å². The van der Waals surface area contributed by atoms with Crippen molar-refractivity contribution in [3.63, 3.8) is 0 Å². The van der Waals surface area contributed by atoms with E-state index >= 15 is 0 Å². The summed E-state index contributed by atoms with van der Waals surface area (Å²) in [6, 6.07) is 16.5. The van der Waals surface area contributed by atoms with Crippen LogP contribution >= 0.6 is 0 Å². The Balaban J connectivity index is 1.44. The van der Waals surface area contributed by atoms with Crippen molar-refractivity contribution < 1.29 is 36.9 Å². The molecular weight excluding hydrogens is 449 g/mol. The third-order valence-corrected chi connectivity index (χ3v) is 6.24. The van der Waals surface area contributed by atoms with E-state index in [1.807, 2.05) is 12.1 Å². The summed E-state index contributed by atoms with van der Waals surface area (Å²) in [4.78, 5) is 13.3. The molecule has 1 aliphatic heterocycles. The zero-order valence-electron chi connectivity index (χ0n) is 18.3. The second kappa shape index (κ2) is 8.27. The summed E-state index contributed by atoms with van der Waals surface area (Å²) in [5.41, 5.74) is 1.64. The number of alkyl halides is 3. The van der Waals surface area contributed by atoms with Gasteiger partial charge in [0.2, 0.25) is 6.79 Å². The SMILES string of the molecule is COc1ccc(-c2cc(CC(=O)C3(c4ccc5c(c4)OCO5)CC3)ccc2OC(F)(F)F)cc1. The first-order valence-corrected chi connectivity index (χ1v) is 10.7. The highest BCUT2D eigenvalue weighted by molar-refractivity contribution is 5.95. The Morgan fingerprint density at radius 2 is 1.71 bits per heavy atom. The molecule has 0 bridgehead atoms. The first kappa shape index (κ1) is 22.1. The molecule has 0 atom stereocenters. The largest absolute Gasteiger partial charge is 0.573 e. The molecule has 1 saturated carbocycles. The van der Waals surface area contributed by atoms with Gasteiger partial charge in [-0.2, -0.15) is 0 Å². The Labute approximate surface area is 194 Å². The Morgan fingerprint density at radius 3 is 2.38 bits per heavy atom. The van der Waals surface area contributed by atoms with E-state index in [2.05, 4.69) is 4.74 Å². The Bertz CT molecular complexity index is 1230. The van der Waals surface area contributed by atoms with E-state index in [4.69, 9.17) is 14.2 Å². The highest BCUT2D eigenvalue weighted by Crippen LogP contribution is 2.51. The fourth-order valence-corrected chi connectivity index (χ4v) is 4.30. The summed E-state index contributed by atoms with van der Waals surface area (Å²) in [7, 11) is 1.51. The summed E-state index contributed by atoms with van der Waals surface area (Å²) in [6.07, 6.45) is -3.32. The molecule has 0 saturated heterocycles. The van der Waals surface area contributed by atoms with Crippen molar-refractivity contribution in [2.45, 2.75) is 31.0 Å². The van der Waals surface area contributed by atoms with Gasteiger partial charge in [-0.05, 0) is 65.9 Å². The summed E-state index contributed by atoms with van der Waals surface area (Å²) in [5, 5.41) is 0. The molecular formula is C26H21F3O5. The summed E-state index contributed by atoms with van der Waals surface area (Å²) < 4.78 is 59.2. The number of rotatable bonds is 7. The predicted octanol–water partition coefficient (Wildman–Crippen LogP) is 5.83. The van der Waals surface area contributed by atoms with Gasteiger partial charge in [-0.3, -0.25) is 4.79 Å². The monoisotopic (exact) mass is 470 g/mol. The number of methoxy groups -OCH3 is 1. The molecule has 0 spiro atoms. The molecule has 1 aliphatic carbocycles. The molecule has 1 fully saturated rings. The van der Waals surface area contributed by atoms with Crippen molar-refractivity contribution >= 4 is 5.78 Å². The summed E-state index contributed by atoms with van der Waals surface area (Å²) in [6.45, 7) is 0.153. The molecule has 0 N–H and O–H groups in total. The van der Waals surface area contributed by atoms with Crippen LogP contribution in [-0.4, -0.2) is 26.0 Å². The van der Waals surface area contributed by atoms with Crippen LogP contribution in [0.1, 0.15) is 24.0 Å². The lowest BCUT2D eigenvalue weighted by Gasteiger charge is -2.17. The van der Waals surface area contributed by atoms with Gasteiger partial charge in [0.25, 0.3) is 0 Å². The molecule has 3 aromatic rings. The molecule has 3 aromatic carbocycles. The number of fused-ring (bicyclic) bond motifs is 1. The van der Waals surface area contributed by atoms with E-state index < -0.39 is 11.8 Å². The second-order valence-corrected chi connectivity index (χ2v) is 8.36. The maximum absolute atomic E-state index is 13.3. The lowest BCUT2D eigenvalue weighted by molar-refractivity contribution is -0.274. The molecule has 0 radical (unpaired) electrons. The lowest BCUT2D eigenvalue weighted by atomic mass is 9.87. The summed E-state index contributed by atoms with van der Waals surface area (Å²) in [5.74, 6) is 1.53. The number of ketones is 1. The Hall–Kier alpha value is -3.68. The lowest BCUT2D eigenvalue weighted by Crippen LogP contribution is -2.22. The van der Waals surface area contributed by atoms with Crippen molar-refractivity contribution in [1.29, 1.82) is 0 Å². The highest BCUT2D eigenvalue weighted by atomic mass is 19.4. The number of carbonyl (C=O) groups is 1. The van der Waals surface area contributed by atoms with Crippen LogP contribution in [-0.2, 0) is 16.6 Å². The molecule has 0 unspecified atom stereocenters. The number of carbonyl (C=O) groups excluding carboxylic acids is 1. The second-order valence-electron chi connectivity index (χ2n) is 8.36. The molecule has 5 rings (SSSR count). The molecule has 1 heterocycles. The average Bonchev–Trinajstić information content (AvgIpc) is 3.50. The van der Waals surface area contributed by atoms with Crippen LogP contribution in [0.2, 0.25) is 0 Å². The molecule has 0 aromatic heterocycles. The molecule has 8 heteroatoms. The number of halogens is 3. The van der Waals surface area contributed by atoms with E-state index in [0.717, 1.165) is 5.56 Å². The Morgan fingerprint density at radius 1 is 0.971 bits per heavy atom. The first-order valence-electron chi connectivity index (χ1n) is 10.7. The van der Waals surface area contributed by atoms with Crippen LogP contribution < -0.4 is 18.9 Å². The molecule has 34 heavy (non-hydrogen) atoms. The van der Waals surface area contributed by atoms with Crippen LogP contribution in [0.3, 0.4) is 0 Å². The summed E-state index contributed by atoms with van der Waals surface area (Å²) >= 11 is 0. The zero-order chi connectivity index (χ0) is 23.9. The fraction of sp³-hybridized carbons (Fsp3) is 0.269. The third kappa shape index (κ3) is 4.27. The van der Waals surface area contributed by atoms with Gasteiger partial charge in [-0.1, -0.05) is 24.3 Å². The van der Waals surface area contributed by atoms with E-state index in [1.165, 1.54) is 19.2 Å². The fourth-order valence-electron chi connectivity index (χ4n) is 4.30. The van der Waals surface area contributed by atoms with Crippen LogP contribution in [0, 0.1) is 0 Å². The molecule has 0 amide bonds. The quantitative estimate of drug-likeness (QED) is 0.435. The standard InChI is InChI=1S/C26H21F3O5/c1-31-19-6-3-17(4-7-19)20-12-16(2-8-21(20)34-26(27,28)29)13-24(30)25(10-11-25)18-5-9-22-23(14-18)33-15-32-22/h2-9,12,14H,10-11,13,15H2,1H3. The predicted molar refractivity (Wildman–Crippen MR) is 117 cm³/mol. The highest BCUT2D eigenvalue weighted by Gasteiger charge is 2.50. The van der Waals surface area contributed by atoms with Gasteiger partial charge >= 0.3 is 6.36 Å². The van der Waals surface area contributed by atoms with Crippen LogP contribution in [0.25, 0.3) is 11.1 Å². The minimum absolute atomic E-state index is 0.0107. The van der Waals surface area contributed by atoms with Crippen molar-refractivity contribution in [1.82, 2.24) is 0 Å². The van der Waals surface area contributed by atoms with Crippen molar-refractivity contribution in [2.75, 3.05) is 13.9 Å². The number of Topliss-reactive ketones (excluding diaryl/α,β-unsaturated/α-hetero) is 1. The zero-order valence-corrected chi connectivity index (χ0v) is 18.3. The maximum Gasteiger partial charge on any atom is 0.573 e. The van der Waals surface area contributed by atoms with Gasteiger partial charge in [0.05, 0.1) is 12.5 Å². The number of ether oxygens (including phenoxy) is 4. The smallest absolute Gasteiger partial charge is 0.497 e. The van der Waals surface area contributed by atoms with Gasteiger partial charge in [0, 0.05) is 12.0 Å². The van der Waals surface area contributed by atoms with Crippen molar-refractivity contribution in [3.05, 3.63) is 71.8 Å². The molecule has 176 valence electrons. The minimum Gasteiger partial charge on any atom is -0.497 e. The Kier molecular flexibility index (Phi) is 5.38. The number of hydrogen-bond donors (Lipinski definition) is 0. The van der Waals surface area contributed by atoms with Crippen LogP contribution in [0.15, 0.2) is 60.7 Å². The van der Waals surface area contributed by atoms with E-state index in [-0.39, 0.29) is 30.3 Å². The van der Waals surface area contributed by atoms with Gasteiger partial charge in [-0.25, -0.2) is 0 Å². The van der Waals surface area contributed by atoms with Crippen LogP contribution in [0.5, 0.6) is 23.0 Å². The van der Waals surface area contributed by atoms with Gasteiger partial charge in [-0.15, -0.1) is 13.2 Å². The number of benzene rings is 3. The third-order valence-electron chi connectivity index (χ3n) is 6.24. The van der Waals surface area contributed by atoms with Gasteiger partial charge in [0.1, 0.15) is 17.3 Å². The maximum atomic E-state index is 13.3. The van der Waals surface area contributed by atoms with Gasteiger partial charge < -0.3 is 18.9 Å². The van der Waals surface area contributed by atoms with Crippen molar-refractivity contribution in [3.8, 4) is 34.1 Å². The van der Waals surface area contributed by atoms with Crippen LogP contribution in [0.4, 0.5) is 13.2 Å². The van der Waals surface area contributed by atoms with Crippen molar-refractivity contribution in [2.24, 2.45) is 0 Å². The van der Waals surface area contributed by atoms with E-state index in [9.17, 15) is 18.0 Å². The number of hydrogen-bond acceptors (Lipinski definition) is 5. The molecule has 5 nitrogen and oxygen atoms in total. The van der Waals surface area contributed by atoms with Gasteiger partial charge in [0.15, 0.2) is 11.5 Å². The minimum atomic E-state index is -4.84. The normalized spacial score (nSPS) is 15.6. The van der Waals surface area contributed by atoms with E-state index in [0.29, 0.717) is 41.2 Å². The molecule has 2 aliphatic rings.